The number of hydrogen-bond acceptors (Lipinski definition) is 3. The summed E-state index contributed by atoms with van der Waals surface area (Å²) in [4.78, 5) is 10.7. The van der Waals surface area contributed by atoms with Gasteiger partial charge in [-0.05, 0) is 19.3 Å². The maximum absolute atomic E-state index is 10.7. The number of nitrogens with one attached hydrogen (secondary N) is 1. The molecule has 2 rings (SSSR count). The van der Waals surface area contributed by atoms with Gasteiger partial charge in [0.2, 0.25) is 0 Å². The molecule has 2 fully saturated rings. The molecule has 0 aliphatic carbocycles. The number of carbonyl (C=O) groups excluding carboxylic acids is 1. The maximum atomic E-state index is 10.7. The first-order valence-corrected chi connectivity index (χ1v) is 3.90. The van der Waals surface area contributed by atoms with E-state index in [4.69, 9.17) is 9.47 Å². The molecule has 2 aliphatic heterocycles. The smallest absolute Gasteiger partial charge is 0.409 e. The Morgan fingerprint density at radius 2 is 2.36 bits per heavy atom. The fourth-order valence-electron chi connectivity index (χ4n) is 1.51. The summed E-state index contributed by atoms with van der Waals surface area (Å²) in [6.07, 6.45) is 2.70. The minimum Gasteiger partial charge on any atom is -0.444 e. The number of alkyl carbamates (subject to hydrolysis) is 1. The highest BCUT2D eigenvalue weighted by atomic mass is 16.6. The minimum absolute atomic E-state index is 0.355. The van der Waals surface area contributed by atoms with E-state index in [0.717, 1.165) is 25.9 Å². The van der Waals surface area contributed by atoms with Gasteiger partial charge in [0, 0.05) is 6.61 Å². The lowest BCUT2D eigenvalue weighted by atomic mass is 10.0. The van der Waals surface area contributed by atoms with Gasteiger partial charge in [0.05, 0.1) is 0 Å². The normalized spacial score (nSPS) is 36.9. The van der Waals surface area contributed by atoms with E-state index >= 15 is 0 Å². The van der Waals surface area contributed by atoms with E-state index in [9.17, 15) is 4.79 Å². The zero-order valence-corrected chi connectivity index (χ0v) is 6.26. The number of amides is 1. The Labute approximate surface area is 64.9 Å². The lowest BCUT2D eigenvalue weighted by molar-refractivity contribution is -0.0916. The monoisotopic (exact) mass is 157 g/mol. The highest BCUT2D eigenvalue weighted by Crippen LogP contribution is 2.25. The summed E-state index contributed by atoms with van der Waals surface area (Å²) in [7, 11) is 0. The molecule has 0 bridgehead atoms. The molecule has 1 amide bonds. The highest BCUT2D eigenvalue weighted by Gasteiger charge is 2.41. The van der Waals surface area contributed by atoms with E-state index < -0.39 is 5.72 Å². The third kappa shape index (κ3) is 1.18. The van der Waals surface area contributed by atoms with Crippen molar-refractivity contribution < 1.29 is 14.3 Å². The summed E-state index contributed by atoms with van der Waals surface area (Å²) in [6.45, 7) is 1.09. The second-order valence-corrected chi connectivity index (χ2v) is 3.00. The lowest BCUT2D eigenvalue weighted by Crippen LogP contribution is -2.48. The van der Waals surface area contributed by atoms with Gasteiger partial charge in [0.15, 0.2) is 5.72 Å². The minimum atomic E-state index is -0.477. The van der Waals surface area contributed by atoms with Gasteiger partial charge in [-0.15, -0.1) is 0 Å². The standard InChI is InChI=1S/C7H11NO3/c9-6-8-7(5-10-6)3-1-2-4-11-7/h1-5H2,(H,8,9)/t7-/m0/s1. The molecule has 2 saturated heterocycles. The fourth-order valence-corrected chi connectivity index (χ4v) is 1.51. The van der Waals surface area contributed by atoms with Crippen LogP contribution in [0.1, 0.15) is 19.3 Å². The summed E-state index contributed by atoms with van der Waals surface area (Å²) in [6, 6.07) is 0. The van der Waals surface area contributed by atoms with Gasteiger partial charge in [0.25, 0.3) is 0 Å². The van der Waals surface area contributed by atoms with Crippen molar-refractivity contribution >= 4 is 6.09 Å². The third-order valence-corrected chi connectivity index (χ3v) is 2.12. The van der Waals surface area contributed by atoms with E-state index in [1.54, 1.807) is 0 Å². The summed E-state index contributed by atoms with van der Waals surface area (Å²) in [5.41, 5.74) is -0.477. The van der Waals surface area contributed by atoms with Gasteiger partial charge >= 0.3 is 6.09 Å². The van der Waals surface area contributed by atoms with Gasteiger partial charge in [-0.3, -0.25) is 5.32 Å². The molecular formula is C7H11NO3. The van der Waals surface area contributed by atoms with Crippen molar-refractivity contribution in [1.82, 2.24) is 5.32 Å². The summed E-state index contributed by atoms with van der Waals surface area (Å²) < 4.78 is 10.2. The highest BCUT2D eigenvalue weighted by molar-refractivity contribution is 5.70. The Hall–Kier alpha value is -0.770. The first-order chi connectivity index (χ1) is 5.31. The number of ether oxygens (including phenoxy) is 2. The first kappa shape index (κ1) is 6.91. The predicted octanol–water partition coefficient (Wildman–Crippen LogP) is 0.623. The van der Waals surface area contributed by atoms with Gasteiger partial charge < -0.3 is 9.47 Å². The molecule has 4 heteroatoms. The molecule has 2 aliphatic rings. The molecule has 0 aromatic heterocycles. The number of carbonyl (C=O) groups is 1. The van der Waals surface area contributed by atoms with Crippen LogP contribution in [-0.2, 0) is 9.47 Å². The molecule has 1 atom stereocenters. The van der Waals surface area contributed by atoms with Crippen LogP contribution < -0.4 is 5.32 Å². The van der Waals surface area contributed by atoms with Crippen molar-refractivity contribution in [3.8, 4) is 0 Å². The summed E-state index contributed by atoms with van der Waals surface area (Å²) in [5, 5.41) is 2.69. The van der Waals surface area contributed by atoms with E-state index in [1.807, 2.05) is 0 Å². The van der Waals surface area contributed by atoms with Crippen LogP contribution in [-0.4, -0.2) is 25.0 Å². The molecule has 1 N–H and O–H groups in total. The molecule has 0 radical (unpaired) electrons. The molecule has 0 saturated carbocycles. The van der Waals surface area contributed by atoms with Gasteiger partial charge in [-0.2, -0.15) is 0 Å². The van der Waals surface area contributed by atoms with Crippen molar-refractivity contribution in [1.29, 1.82) is 0 Å². The second kappa shape index (κ2) is 2.37. The Balaban J connectivity index is 2.03. The van der Waals surface area contributed by atoms with E-state index in [-0.39, 0.29) is 6.09 Å². The summed E-state index contributed by atoms with van der Waals surface area (Å²) in [5.74, 6) is 0. The van der Waals surface area contributed by atoms with Crippen LogP contribution in [0.25, 0.3) is 0 Å². The largest absolute Gasteiger partial charge is 0.444 e. The quantitative estimate of drug-likeness (QED) is 0.560. The first-order valence-electron chi connectivity index (χ1n) is 3.90. The van der Waals surface area contributed by atoms with E-state index in [2.05, 4.69) is 5.32 Å². The zero-order chi connectivity index (χ0) is 7.73. The molecule has 2 heterocycles. The van der Waals surface area contributed by atoms with E-state index in [0.29, 0.717) is 6.61 Å². The molecular weight excluding hydrogens is 146 g/mol. The predicted molar refractivity (Wildman–Crippen MR) is 37.0 cm³/mol. The Kier molecular flexibility index (Phi) is 1.49. The van der Waals surface area contributed by atoms with Crippen LogP contribution in [0.15, 0.2) is 0 Å². The van der Waals surface area contributed by atoms with Crippen LogP contribution in [0.4, 0.5) is 4.79 Å². The van der Waals surface area contributed by atoms with Crippen LogP contribution >= 0.6 is 0 Å². The van der Waals surface area contributed by atoms with E-state index in [1.165, 1.54) is 0 Å². The van der Waals surface area contributed by atoms with Crippen LogP contribution in [0, 0.1) is 0 Å². The average Bonchev–Trinajstić information content (AvgIpc) is 2.34. The van der Waals surface area contributed by atoms with Crippen molar-refractivity contribution in [3.63, 3.8) is 0 Å². The van der Waals surface area contributed by atoms with Crippen molar-refractivity contribution in [2.24, 2.45) is 0 Å². The van der Waals surface area contributed by atoms with Gasteiger partial charge in [0.1, 0.15) is 6.61 Å². The topological polar surface area (TPSA) is 47.6 Å². The van der Waals surface area contributed by atoms with Crippen molar-refractivity contribution in [3.05, 3.63) is 0 Å². The third-order valence-electron chi connectivity index (χ3n) is 2.12. The number of rotatable bonds is 0. The molecule has 0 aromatic rings. The average molecular weight is 157 g/mol. The number of hydrogen-bond donors (Lipinski definition) is 1. The fraction of sp³-hybridized carbons (Fsp3) is 0.857. The SMILES string of the molecule is O=C1N[C@]2(CCCCO2)CO1. The Morgan fingerprint density at radius 1 is 1.45 bits per heavy atom. The molecule has 0 unspecified atom stereocenters. The second-order valence-electron chi connectivity index (χ2n) is 3.00. The lowest BCUT2D eigenvalue weighted by Gasteiger charge is -2.30. The molecule has 4 nitrogen and oxygen atoms in total. The zero-order valence-electron chi connectivity index (χ0n) is 6.26. The molecule has 62 valence electrons. The Morgan fingerprint density at radius 3 is 2.91 bits per heavy atom. The molecule has 1 spiro atoms. The molecule has 0 aromatic carbocycles. The maximum Gasteiger partial charge on any atom is 0.409 e. The van der Waals surface area contributed by atoms with Gasteiger partial charge in [-0.25, -0.2) is 4.79 Å². The van der Waals surface area contributed by atoms with Crippen LogP contribution in [0.2, 0.25) is 0 Å². The Bertz CT molecular complexity index is 175. The van der Waals surface area contributed by atoms with Crippen molar-refractivity contribution in [2.45, 2.75) is 25.0 Å². The van der Waals surface area contributed by atoms with Crippen LogP contribution in [0.3, 0.4) is 0 Å². The number of cyclic esters (lactones) is 1. The molecule has 11 heavy (non-hydrogen) atoms. The van der Waals surface area contributed by atoms with Gasteiger partial charge in [-0.1, -0.05) is 0 Å². The van der Waals surface area contributed by atoms with Crippen molar-refractivity contribution in [2.75, 3.05) is 13.2 Å². The summed E-state index contributed by atoms with van der Waals surface area (Å²) >= 11 is 0. The van der Waals surface area contributed by atoms with Crippen LogP contribution in [0.5, 0.6) is 0 Å².